The molecular weight excluding hydrogens is 272 g/mol. The Hall–Kier alpha value is -2.08. The van der Waals surface area contributed by atoms with Crippen molar-refractivity contribution in [3.63, 3.8) is 0 Å². The van der Waals surface area contributed by atoms with E-state index in [9.17, 15) is 14.7 Å². The molecule has 1 aromatic rings. The van der Waals surface area contributed by atoms with Gasteiger partial charge in [-0.05, 0) is 43.5 Å². The minimum atomic E-state index is -0.996. The number of aryl methyl sites for hydroxylation is 1. The first-order valence-electron chi connectivity index (χ1n) is 6.86. The van der Waals surface area contributed by atoms with Crippen LogP contribution in [0.2, 0.25) is 0 Å². The van der Waals surface area contributed by atoms with Gasteiger partial charge in [-0.2, -0.15) is 0 Å². The molecule has 0 bridgehead atoms. The molecule has 1 fully saturated rings. The molecule has 1 aromatic carbocycles. The lowest BCUT2D eigenvalue weighted by Crippen LogP contribution is -2.40. The summed E-state index contributed by atoms with van der Waals surface area (Å²) in [7, 11) is 1.72. The van der Waals surface area contributed by atoms with Crippen molar-refractivity contribution in [3.8, 4) is 0 Å². The summed E-state index contributed by atoms with van der Waals surface area (Å²) in [6, 6.07) is 3.07. The van der Waals surface area contributed by atoms with Crippen LogP contribution in [0.5, 0.6) is 0 Å². The zero-order valence-corrected chi connectivity index (χ0v) is 12.5. The highest BCUT2D eigenvalue weighted by Gasteiger charge is 2.24. The van der Waals surface area contributed by atoms with Crippen LogP contribution >= 0.6 is 0 Å². The number of nitrogens with one attached hydrogen (secondary N) is 1. The van der Waals surface area contributed by atoms with Crippen molar-refractivity contribution in [3.05, 3.63) is 28.8 Å². The van der Waals surface area contributed by atoms with Crippen molar-refractivity contribution >= 4 is 17.7 Å². The fraction of sp³-hybridized carbons (Fsp3) is 0.467. The van der Waals surface area contributed by atoms with Crippen LogP contribution in [0.15, 0.2) is 12.1 Å². The van der Waals surface area contributed by atoms with E-state index in [4.69, 9.17) is 4.74 Å². The van der Waals surface area contributed by atoms with Gasteiger partial charge in [0.15, 0.2) is 0 Å². The maximum atomic E-state index is 12.2. The number of aromatic carboxylic acids is 1. The fourth-order valence-corrected chi connectivity index (χ4v) is 2.36. The van der Waals surface area contributed by atoms with Gasteiger partial charge in [0.05, 0.1) is 18.2 Å². The second-order valence-electron chi connectivity index (χ2n) is 5.33. The molecule has 0 aromatic heterocycles. The third-order valence-corrected chi connectivity index (χ3v) is 3.92. The molecule has 0 aliphatic carbocycles. The van der Waals surface area contributed by atoms with Gasteiger partial charge in [0.25, 0.3) is 0 Å². The van der Waals surface area contributed by atoms with Gasteiger partial charge >= 0.3 is 12.0 Å². The molecule has 1 unspecified atom stereocenters. The van der Waals surface area contributed by atoms with Crippen LogP contribution in [0.25, 0.3) is 0 Å². The molecule has 2 rings (SSSR count). The van der Waals surface area contributed by atoms with Crippen molar-refractivity contribution in [2.75, 3.05) is 25.6 Å². The summed E-state index contributed by atoms with van der Waals surface area (Å²) in [6.07, 6.45) is 0.817. The van der Waals surface area contributed by atoms with Gasteiger partial charge in [0, 0.05) is 19.3 Å². The van der Waals surface area contributed by atoms with Gasteiger partial charge in [0.1, 0.15) is 0 Å². The van der Waals surface area contributed by atoms with Crippen molar-refractivity contribution in [2.24, 2.45) is 0 Å². The maximum Gasteiger partial charge on any atom is 0.336 e. The number of carboxylic acid groups (broad SMARTS) is 1. The molecule has 1 saturated heterocycles. The molecule has 2 N–H and O–H groups in total. The second-order valence-corrected chi connectivity index (χ2v) is 5.33. The van der Waals surface area contributed by atoms with Crippen LogP contribution in [0.3, 0.4) is 0 Å². The van der Waals surface area contributed by atoms with E-state index in [1.54, 1.807) is 24.9 Å². The van der Waals surface area contributed by atoms with E-state index in [2.05, 4.69) is 5.32 Å². The fourth-order valence-electron chi connectivity index (χ4n) is 2.36. The van der Waals surface area contributed by atoms with E-state index >= 15 is 0 Å². The Balaban J connectivity index is 2.15. The smallest absolute Gasteiger partial charge is 0.336 e. The number of ether oxygens (including phenoxy) is 1. The van der Waals surface area contributed by atoms with Crippen molar-refractivity contribution in [1.29, 1.82) is 0 Å². The topological polar surface area (TPSA) is 78.9 Å². The summed E-state index contributed by atoms with van der Waals surface area (Å²) in [5.41, 5.74) is 2.23. The molecule has 1 aliphatic rings. The van der Waals surface area contributed by atoms with E-state index in [1.807, 2.05) is 6.92 Å². The van der Waals surface area contributed by atoms with Crippen LogP contribution in [0.4, 0.5) is 10.5 Å². The number of benzene rings is 1. The molecule has 6 heteroatoms. The summed E-state index contributed by atoms with van der Waals surface area (Å²) >= 11 is 0. The number of carbonyl (C=O) groups excluding carboxylic acids is 1. The van der Waals surface area contributed by atoms with Crippen LogP contribution in [0, 0.1) is 13.8 Å². The number of hydrogen-bond donors (Lipinski definition) is 2. The van der Waals surface area contributed by atoms with E-state index < -0.39 is 5.97 Å². The van der Waals surface area contributed by atoms with Gasteiger partial charge in [-0.1, -0.05) is 0 Å². The normalized spacial score (nSPS) is 17.6. The zero-order valence-electron chi connectivity index (χ0n) is 12.5. The number of likely N-dealkylation sites (N-methyl/N-ethyl adjacent to an activating group) is 1. The molecule has 114 valence electrons. The lowest BCUT2D eigenvalue weighted by atomic mass is 10.0. The lowest BCUT2D eigenvalue weighted by molar-refractivity contribution is 0.0696. The van der Waals surface area contributed by atoms with Gasteiger partial charge < -0.3 is 20.1 Å². The van der Waals surface area contributed by atoms with Crippen LogP contribution in [0.1, 0.15) is 27.9 Å². The SMILES string of the molecule is Cc1cc(NC(=O)N(C)C2CCOC2)cc(C(=O)O)c1C. The van der Waals surface area contributed by atoms with Crippen LogP contribution in [-0.2, 0) is 4.74 Å². The minimum Gasteiger partial charge on any atom is -0.478 e. The molecule has 1 atom stereocenters. The molecule has 6 nitrogen and oxygen atoms in total. The number of rotatable bonds is 3. The summed E-state index contributed by atoms with van der Waals surface area (Å²) in [5, 5.41) is 11.9. The third kappa shape index (κ3) is 3.33. The Labute approximate surface area is 123 Å². The highest BCUT2D eigenvalue weighted by atomic mass is 16.5. The Morgan fingerprint density at radius 3 is 2.67 bits per heavy atom. The van der Waals surface area contributed by atoms with E-state index in [-0.39, 0.29) is 17.6 Å². The molecule has 21 heavy (non-hydrogen) atoms. The van der Waals surface area contributed by atoms with Gasteiger partial charge in [-0.3, -0.25) is 0 Å². The van der Waals surface area contributed by atoms with E-state index in [0.29, 0.717) is 24.5 Å². The Kier molecular flexibility index (Phi) is 4.47. The van der Waals surface area contributed by atoms with E-state index in [1.165, 1.54) is 6.07 Å². The highest BCUT2D eigenvalue weighted by molar-refractivity contribution is 5.94. The Morgan fingerprint density at radius 2 is 2.10 bits per heavy atom. The zero-order chi connectivity index (χ0) is 15.6. The molecular formula is C15H20N2O4. The van der Waals surface area contributed by atoms with E-state index in [0.717, 1.165) is 12.0 Å². The van der Waals surface area contributed by atoms with Gasteiger partial charge in [-0.25, -0.2) is 9.59 Å². The number of hydrogen-bond acceptors (Lipinski definition) is 3. The summed E-state index contributed by atoms with van der Waals surface area (Å²) in [6.45, 7) is 4.78. The highest BCUT2D eigenvalue weighted by Crippen LogP contribution is 2.21. The lowest BCUT2D eigenvalue weighted by Gasteiger charge is -2.23. The summed E-state index contributed by atoms with van der Waals surface area (Å²) < 4.78 is 5.26. The van der Waals surface area contributed by atoms with Gasteiger partial charge in [0.2, 0.25) is 0 Å². The Bertz CT molecular complexity index is 565. The van der Waals surface area contributed by atoms with Crippen molar-refractivity contribution < 1.29 is 19.4 Å². The molecule has 2 amide bonds. The molecule has 0 radical (unpaired) electrons. The second kappa shape index (κ2) is 6.13. The monoisotopic (exact) mass is 292 g/mol. The molecule has 1 heterocycles. The quantitative estimate of drug-likeness (QED) is 0.895. The number of carboxylic acids is 1. The first-order chi connectivity index (χ1) is 9.90. The largest absolute Gasteiger partial charge is 0.478 e. The number of carbonyl (C=O) groups is 2. The number of amides is 2. The van der Waals surface area contributed by atoms with Crippen molar-refractivity contribution in [1.82, 2.24) is 4.90 Å². The predicted molar refractivity (Wildman–Crippen MR) is 78.9 cm³/mol. The predicted octanol–water partition coefficient (Wildman–Crippen LogP) is 2.25. The van der Waals surface area contributed by atoms with Gasteiger partial charge in [-0.15, -0.1) is 0 Å². The molecule has 0 spiro atoms. The van der Waals surface area contributed by atoms with Crippen molar-refractivity contribution in [2.45, 2.75) is 26.3 Å². The number of nitrogens with zero attached hydrogens (tertiary/aromatic N) is 1. The maximum absolute atomic E-state index is 12.2. The first-order valence-corrected chi connectivity index (χ1v) is 6.86. The Morgan fingerprint density at radius 1 is 1.38 bits per heavy atom. The molecule has 0 saturated carbocycles. The average Bonchev–Trinajstić information content (AvgIpc) is 2.95. The number of anilines is 1. The first kappa shape index (κ1) is 15.3. The summed E-state index contributed by atoms with van der Waals surface area (Å²) in [4.78, 5) is 25.0. The average molecular weight is 292 g/mol. The third-order valence-electron chi connectivity index (χ3n) is 3.92. The molecule has 1 aliphatic heterocycles. The number of urea groups is 1. The van der Waals surface area contributed by atoms with Crippen LogP contribution in [-0.4, -0.2) is 48.3 Å². The standard InChI is InChI=1S/C15H20N2O4/c1-9-6-11(7-13(10(9)2)14(18)19)16-15(20)17(3)12-4-5-21-8-12/h6-7,12H,4-5,8H2,1-3H3,(H,16,20)(H,18,19). The minimum absolute atomic E-state index is 0.0653. The summed E-state index contributed by atoms with van der Waals surface area (Å²) in [5.74, 6) is -0.996. The van der Waals surface area contributed by atoms with Crippen LogP contribution < -0.4 is 5.32 Å².